The molecule has 0 heterocycles. The van der Waals surface area contributed by atoms with E-state index >= 15 is 0 Å². The van der Waals surface area contributed by atoms with Crippen molar-refractivity contribution in [1.29, 1.82) is 0 Å². The Morgan fingerprint density at radius 1 is 0.426 bits per heavy atom. The maximum Gasteiger partial charge on any atom is 0.199 e. The van der Waals surface area contributed by atoms with Gasteiger partial charge in [0.1, 0.15) is 0 Å². The molecular weight excluding hydrogens is 909 g/mol. The molecule has 0 saturated heterocycles. The van der Waals surface area contributed by atoms with Crippen molar-refractivity contribution in [2.45, 2.75) is 12.8 Å². The number of thioether (sulfide) groups is 14. The fourth-order valence-corrected chi connectivity index (χ4v) is 22.5. The SMILES string of the molecule is O=C(CSCSCSCSCCS(=O)CSCSCSCSCSC(=O)CSCSCSCSCCS(=O)CCCO)SCCCO. The van der Waals surface area contributed by atoms with E-state index < -0.39 is 21.6 Å². The van der Waals surface area contributed by atoms with Gasteiger partial charge >= 0.3 is 0 Å². The van der Waals surface area contributed by atoms with Crippen LogP contribution in [0.15, 0.2) is 0 Å². The molecular formula is C25H48O6S16. The summed E-state index contributed by atoms with van der Waals surface area (Å²) < 4.78 is 23.8. The van der Waals surface area contributed by atoms with Gasteiger partial charge in [-0.2, -0.15) is 23.5 Å². The minimum Gasteiger partial charge on any atom is -0.396 e. The van der Waals surface area contributed by atoms with E-state index in [9.17, 15) is 18.0 Å². The van der Waals surface area contributed by atoms with Crippen LogP contribution in [0.25, 0.3) is 0 Å². The number of aliphatic hydroxyl groups excluding tert-OH is 2. The first-order valence-electron chi connectivity index (χ1n) is 14.1. The average molecular weight is 958 g/mol. The van der Waals surface area contributed by atoms with Crippen LogP contribution < -0.4 is 0 Å². The normalized spacial score (nSPS) is 12.8. The molecule has 2 N–H and O–H groups in total. The summed E-state index contributed by atoms with van der Waals surface area (Å²) in [5, 5.41) is 28.3. The quantitative estimate of drug-likeness (QED) is 0.0459. The van der Waals surface area contributed by atoms with Crippen LogP contribution in [0.2, 0.25) is 0 Å². The number of aliphatic hydroxyl groups is 2. The van der Waals surface area contributed by atoms with Gasteiger partial charge in [-0.3, -0.25) is 18.0 Å². The molecule has 0 aromatic carbocycles. The molecule has 0 aromatic heterocycles. The second-order valence-corrected chi connectivity index (χ2v) is 29.9. The molecule has 2 atom stereocenters. The lowest BCUT2D eigenvalue weighted by Crippen LogP contribution is -2.06. The summed E-state index contributed by atoms with van der Waals surface area (Å²) in [6, 6.07) is 0. The van der Waals surface area contributed by atoms with E-state index in [-0.39, 0.29) is 23.4 Å². The summed E-state index contributed by atoms with van der Waals surface area (Å²) in [6.07, 6.45) is 1.29. The van der Waals surface area contributed by atoms with Gasteiger partial charge in [0.2, 0.25) is 0 Å². The molecule has 0 spiro atoms. The molecule has 0 rings (SSSR count). The molecule has 280 valence electrons. The van der Waals surface area contributed by atoms with Crippen LogP contribution in [0.1, 0.15) is 12.8 Å². The van der Waals surface area contributed by atoms with Gasteiger partial charge in [0, 0.05) is 120 Å². The molecule has 22 heteroatoms. The zero-order valence-corrected chi connectivity index (χ0v) is 39.4. The van der Waals surface area contributed by atoms with E-state index in [4.69, 9.17) is 10.2 Å². The van der Waals surface area contributed by atoms with Crippen molar-refractivity contribution in [2.75, 3.05) is 115 Å². The summed E-state index contributed by atoms with van der Waals surface area (Å²) in [5.74, 6) is 5.68. The zero-order chi connectivity index (χ0) is 34.5. The first-order valence-corrected chi connectivity index (χ1v) is 33.0. The molecule has 0 aromatic rings. The third-order valence-corrected chi connectivity index (χ3v) is 25.6. The lowest BCUT2D eigenvalue weighted by molar-refractivity contribution is -0.109. The van der Waals surface area contributed by atoms with Gasteiger partial charge in [-0.1, -0.05) is 23.5 Å². The molecule has 47 heavy (non-hydrogen) atoms. The van der Waals surface area contributed by atoms with E-state index in [0.29, 0.717) is 46.7 Å². The molecule has 0 bridgehead atoms. The zero-order valence-electron chi connectivity index (χ0n) is 26.3. The van der Waals surface area contributed by atoms with Crippen LogP contribution in [-0.4, -0.2) is 144 Å². The summed E-state index contributed by atoms with van der Waals surface area (Å²) in [7, 11) is -1.57. The Labute approximate surface area is 348 Å². The first-order chi connectivity index (χ1) is 23.0. The van der Waals surface area contributed by atoms with E-state index in [1.165, 1.54) is 23.5 Å². The summed E-state index contributed by atoms with van der Waals surface area (Å²) in [4.78, 5) is 23.7. The Balaban J connectivity index is 3.30. The van der Waals surface area contributed by atoms with Crippen LogP contribution in [0.4, 0.5) is 0 Å². The van der Waals surface area contributed by atoms with Gasteiger partial charge in [-0.15, -0.1) is 118 Å². The third-order valence-electron chi connectivity index (χ3n) is 4.46. The van der Waals surface area contributed by atoms with Gasteiger partial charge < -0.3 is 10.2 Å². The Kier molecular flexibility index (Phi) is 47.3. The molecule has 0 amide bonds. The van der Waals surface area contributed by atoms with Gasteiger partial charge in [0.05, 0.1) is 16.6 Å². The molecule has 0 saturated carbocycles. The van der Waals surface area contributed by atoms with Crippen molar-refractivity contribution < 1.29 is 28.2 Å². The smallest absolute Gasteiger partial charge is 0.199 e. The monoisotopic (exact) mass is 956 g/mol. The number of hydrogen-bond donors (Lipinski definition) is 2. The minimum atomic E-state index is -0.803. The molecule has 2 unspecified atom stereocenters. The summed E-state index contributed by atoms with van der Waals surface area (Å²) in [5.41, 5.74) is 0. The van der Waals surface area contributed by atoms with Crippen molar-refractivity contribution >= 4 is 196 Å². The molecule has 6 nitrogen and oxygen atoms in total. The number of carbonyl (C=O) groups is 2. The summed E-state index contributed by atoms with van der Waals surface area (Å²) in [6.45, 7) is 0.258. The number of rotatable bonds is 38. The van der Waals surface area contributed by atoms with Gasteiger partial charge in [-0.25, -0.2) is 0 Å². The molecule has 0 aliphatic heterocycles. The van der Waals surface area contributed by atoms with E-state index in [0.717, 1.165) is 68.1 Å². The second kappa shape index (κ2) is 43.2. The molecule has 0 fully saturated rings. The maximum absolute atomic E-state index is 12.2. The van der Waals surface area contributed by atoms with Crippen LogP contribution in [0.3, 0.4) is 0 Å². The van der Waals surface area contributed by atoms with Crippen molar-refractivity contribution in [3.05, 3.63) is 0 Å². The first kappa shape index (κ1) is 51.5. The van der Waals surface area contributed by atoms with Gasteiger partial charge in [0.15, 0.2) is 10.2 Å². The van der Waals surface area contributed by atoms with E-state index in [2.05, 4.69) is 0 Å². The lowest BCUT2D eigenvalue weighted by Gasteiger charge is -2.05. The van der Waals surface area contributed by atoms with Crippen molar-refractivity contribution in [1.82, 2.24) is 0 Å². The molecule has 0 aliphatic carbocycles. The van der Waals surface area contributed by atoms with Crippen molar-refractivity contribution in [2.24, 2.45) is 0 Å². The number of hydrogen-bond acceptors (Lipinski definition) is 20. The Morgan fingerprint density at radius 2 is 0.851 bits per heavy atom. The predicted octanol–water partition coefficient (Wildman–Crippen LogP) is 8.10. The van der Waals surface area contributed by atoms with E-state index in [1.54, 1.807) is 47.0 Å². The van der Waals surface area contributed by atoms with Crippen LogP contribution >= 0.6 is 165 Å². The fourth-order valence-electron chi connectivity index (χ4n) is 2.39. The number of carbonyl (C=O) groups excluding carboxylic acids is 2. The lowest BCUT2D eigenvalue weighted by atomic mass is 10.5. The standard InChI is InChI=1S/C25H48O6S16/c26-3-1-5-44-24(28)11-34-15-38-18-37-14-33-7-10-47(31)23-43-21-41-19-40-20-42-22-45-25(29)12-35-16-39-17-36-13-32-6-9-46(30)8-2-4-27/h26-27H,1-23H2. The van der Waals surface area contributed by atoms with Gasteiger partial charge in [0.25, 0.3) is 0 Å². The summed E-state index contributed by atoms with van der Waals surface area (Å²) >= 11 is 24.5. The maximum atomic E-state index is 12.2. The largest absolute Gasteiger partial charge is 0.396 e. The highest BCUT2D eigenvalue weighted by atomic mass is 32.3. The molecule has 0 radical (unpaired) electrons. The topological polar surface area (TPSA) is 109 Å². The Morgan fingerprint density at radius 3 is 1.38 bits per heavy atom. The average Bonchev–Trinajstić information content (AvgIpc) is 3.06. The van der Waals surface area contributed by atoms with E-state index in [1.807, 2.05) is 94.1 Å². The minimum absolute atomic E-state index is 0.115. The third kappa shape index (κ3) is 43.1. The van der Waals surface area contributed by atoms with Crippen LogP contribution in [0.5, 0.6) is 0 Å². The second-order valence-electron chi connectivity index (χ2n) is 8.33. The Hall–Kier alpha value is 4.46. The highest BCUT2D eigenvalue weighted by Gasteiger charge is 2.06. The van der Waals surface area contributed by atoms with Crippen molar-refractivity contribution in [3.8, 4) is 0 Å². The highest BCUT2D eigenvalue weighted by molar-refractivity contribution is 8.31. The van der Waals surface area contributed by atoms with Crippen molar-refractivity contribution in [3.63, 3.8) is 0 Å². The van der Waals surface area contributed by atoms with Gasteiger partial charge in [-0.05, 0) is 12.8 Å². The Bertz CT molecular complexity index is 773. The predicted molar refractivity (Wildman–Crippen MR) is 248 cm³/mol. The van der Waals surface area contributed by atoms with Crippen LogP contribution in [0, 0.1) is 0 Å². The van der Waals surface area contributed by atoms with Crippen LogP contribution in [-0.2, 0) is 31.2 Å². The molecule has 0 aliphatic rings. The highest BCUT2D eigenvalue weighted by Crippen LogP contribution is 2.26. The fraction of sp³-hybridized carbons (Fsp3) is 0.920.